The number of carbonyl (C=O) groups is 1. The van der Waals surface area contributed by atoms with Crippen LogP contribution in [0, 0.1) is 6.92 Å². The zero-order chi connectivity index (χ0) is 13.1. The summed E-state index contributed by atoms with van der Waals surface area (Å²) in [5, 5.41) is 7.81. The highest BCUT2D eigenvalue weighted by Crippen LogP contribution is 2.15. The molecular formula is C11H15N5OS. The van der Waals surface area contributed by atoms with Crippen LogP contribution in [-0.2, 0) is 18.9 Å². The molecule has 0 atom stereocenters. The highest BCUT2D eigenvalue weighted by molar-refractivity contribution is 7.99. The second kappa shape index (κ2) is 5.26. The van der Waals surface area contributed by atoms with Gasteiger partial charge in [0, 0.05) is 32.6 Å². The largest absolute Gasteiger partial charge is 0.329 e. The lowest BCUT2D eigenvalue weighted by molar-refractivity contribution is -0.113. The van der Waals surface area contributed by atoms with Crippen LogP contribution in [0.1, 0.15) is 5.69 Å². The molecular weight excluding hydrogens is 250 g/mol. The van der Waals surface area contributed by atoms with Crippen molar-refractivity contribution in [3.63, 3.8) is 0 Å². The molecule has 96 valence electrons. The molecule has 2 aromatic rings. The van der Waals surface area contributed by atoms with Crippen LogP contribution in [0.3, 0.4) is 0 Å². The zero-order valence-electron chi connectivity index (χ0n) is 10.5. The molecule has 0 aromatic carbocycles. The number of thioether (sulfide) groups is 1. The summed E-state index contributed by atoms with van der Waals surface area (Å²) in [5.41, 5.74) is 0.879. The van der Waals surface area contributed by atoms with Crippen LogP contribution in [-0.4, -0.2) is 31.0 Å². The van der Waals surface area contributed by atoms with Crippen LogP contribution < -0.4 is 5.32 Å². The average Bonchev–Trinajstić information content (AvgIpc) is 2.83. The van der Waals surface area contributed by atoms with Gasteiger partial charge in [-0.2, -0.15) is 5.10 Å². The lowest BCUT2D eigenvalue weighted by atomic mass is 10.4. The first-order valence-electron chi connectivity index (χ1n) is 5.47. The van der Waals surface area contributed by atoms with Crippen molar-refractivity contribution in [2.75, 3.05) is 11.1 Å². The Bertz CT molecular complexity index is 560. The number of anilines is 1. The first-order valence-corrected chi connectivity index (χ1v) is 6.45. The molecule has 0 unspecified atom stereocenters. The molecule has 6 nitrogen and oxygen atoms in total. The van der Waals surface area contributed by atoms with Gasteiger partial charge in [-0.1, -0.05) is 11.8 Å². The molecule has 7 heteroatoms. The number of aryl methyl sites for hydroxylation is 3. The van der Waals surface area contributed by atoms with Gasteiger partial charge in [-0.25, -0.2) is 4.98 Å². The minimum Gasteiger partial charge on any atom is -0.329 e. The number of hydrogen-bond acceptors (Lipinski definition) is 4. The van der Waals surface area contributed by atoms with Gasteiger partial charge in [0.2, 0.25) is 5.91 Å². The maximum atomic E-state index is 11.8. The van der Waals surface area contributed by atoms with Crippen molar-refractivity contribution in [1.82, 2.24) is 19.3 Å². The first-order chi connectivity index (χ1) is 8.56. The second-order valence-corrected chi connectivity index (χ2v) is 4.89. The summed E-state index contributed by atoms with van der Waals surface area (Å²) in [4.78, 5) is 15.9. The number of imidazole rings is 1. The van der Waals surface area contributed by atoms with E-state index in [0.29, 0.717) is 11.6 Å². The highest BCUT2D eigenvalue weighted by atomic mass is 32.2. The van der Waals surface area contributed by atoms with Crippen molar-refractivity contribution in [2.45, 2.75) is 12.1 Å². The maximum absolute atomic E-state index is 11.8. The van der Waals surface area contributed by atoms with E-state index in [9.17, 15) is 4.79 Å². The zero-order valence-corrected chi connectivity index (χ0v) is 11.4. The number of carbonyl (C=O) groups excluding carboxylic acids is 1. The Morgan fingerprint density at radius 2 is 2.28 bits per heavy atom. The van der Waals surface area contributed by atoms with Crippen molar-refractivity contribution >= 4 is 23.5 Å². The summed E-state index contributed by atoms with van der Waals surface area (Å²) in [6.45, 7) is 1.89. The Labute approximate surface area is 109 Å². The van der Waals surface area contributed by atoms with Crippen molar-refractivity contribution in [3.8, 4) is 0 Å². The fraction of sp³-hybridized carbons (Fsp3) is 0.364. The normalized spacial score (nSPS) is 10.6. The predicted octanol–water partition coefficient (Wildman–Crippen LogP) is 1.19. The van der Waals surface area contributed by atoms with Crippen LogP contribution in [0.2, 0.25) is 0 Å². The van der Waals surface area contributed by atoms with E-state index in [1.807, 2.05) is 30.8 Å². The topological polar surface area (TPSA) is 64.7 Å². The minimum atomic E-state index is -0.0639. The Balaban J connectivity index is 1.90. The van der Waals surface area contributed by atoms with Crippen LogP contribution >= 0.6 is 11.8 Å². The van der Waals surface area contributed by atoms with Gasteiger partial charge in [-0.15, -0.1) is 0 Å². The van der Waals surface area contributed by atoms with Crippen molar-refractivity contribution in [1.29, 1.82) is 0 Å². The third kappa shape index (κ3) is 2.92. The van der Waals surface area contributed by atoms with E-state index >= 15 is 0 Å². The second-order valence-electron chi connectivity index (χ2n) is 3.95. The fourth-order valence-corrected chi connectivity index (χ4v) is 2.26. The highest BCUT2D eigenvalue weighted by Gasteiger charge is 2.09. The third-order valence-corrected chi connectivity index (χ3v) is 3.44. The number of nitrogens with zero attached hydrogens (tertiary/aromatic N) is 4. The van der Waals surface area contributed by atoms with Gasteiger partial charge in [0.15, 0.2) is 5.16 Å². The molecule has 0 aliphatic heterocycles. The summed E-state index contributed by atoms with van der Waals surface area (Å²) in [7, 11) is 3.70. The molecule has 0 aliphatic rings. The fourth-order valence-electron chi connectivity index (χ4n) is 1.53. The number of nitrogens with one attached hydrogen (secondary N) is 1. The molecule has 0 fully saturated rings. The maximum Gasteiger partial charge on any atom is 0.235 e. The van der Waals surface area contributed by atoms with Gasteiger partial charge in [0.25, 0.3) is 0 Å². The predicted molar refractivity (Wildman–Crippen MR) is 70.5 cm³/mol. The summed E-state index contributed by atoms with van der Waals surface area (Å²) < 4.78 is 3.53. The third-order valence-electron chi connectivity index (χ3n) is 2.38. The summed E-state index contributed by atoms with van der Waals surface area (Å²) in [5.74, 6) is 0.971. The quantitative estimate of drug-likeness (QED) is 0.843. The smallest absolute Gasteiger partial charge is 0.235 e. The molecule has 0 saturated heterocycles. The molecule has 1 amide bonds. The van der Waals surface area contributed by atoms with E-state index in [-0.39, 0.29) is 5.91 Å². The molecule has 0 radical (unpaired) electrons. The Morgan fingerprint density at radius 3 is 2.83 bits per heavy atom. The van der Waals surface area contributed by atoms with Crippen molar-refractivity contribution in [2.24, 2.45) is 14.1 Å². The molecule has 2 heterocycles. The van der Waals surface area contributed by atoms with Crippen LogP contribution in [0.15, 0.2) is 23.6 Å². The lowest BCUT2D eigenvalue weighted by Crippen LogP contribution is -2.16. The molecule has 2 rings (SSSR count). The number of rotatable bonds is 4. The minimum absolute atomic E-state index is 0.0639. The molecule has 2 aromatic heterocycles. The number of amides is 1. The lowest BCUT2D eigenvalue weighted by Gasteiger charge is -2.04. The van der Waals surface area contributed by atoms with Crippen LogP contribution in [0.25, 0.3) is 0 Å². The molecule has 18 heavy (non-hydrogen) atoms. The van der Waals surface area contributed by atoms with E-state index in [0.717, 1.165) is 10.9 Å². The van der Waals surface area contributed by atoms with Gasteiger partial charge in [-0.05, 0) is 6.92 Å². The number of aromatic nitrogens is 4. The van der Waals surface area contributed by atoms with E-state index in [1.165, 1.54) is 11.8 Å². The summed E-state index contributed by atoms with van der Waals surface area (Å²) >= 11 is 1.40. The summed E-state index contributed by atoms with van der Waals surface area (Å²) in [6, 6.07) is 1.84. The monoisotopic (exact) mass is 265 g/mol. The molecule has 0 bridgehead atoms. The van der Waals surface area contributed by atoms with Crippen molar-refractivity contribution < 1.29 is 4.79 Å². The van der Waals surface area contributed by atoms with Gasteiger partial charge < -0.3 is 9.88 Å². The summed E-state index contributed by atoms with van der Waals surface area (Å²) in [6.07, 6.45) is 3.56. The molecule has 1 N–H and O–H groups in total. The molecule has 0 saturated carbocycles. The Kier molecular flexibility index (Phi) is 3.71. The van der Waals surface area contributed by atoms with E-state index in [2.05, 4.69) is 15.4 Å². The van der Waals surface area contributed by atoms with Gasteiger partial charge in [0.05, 0.1) is 11.4 Å². The van der Waals surface area contributed by atoms with Crippen LogP contribution in [0.5, 0.6) is 0 Å². The average molecular weight is 265 g/mol. The van der Waals surface area contributed by atoms with Gasteiger partial charge >= 0.3 is 0 Å². The van der Waals surface area contributed by atoms with Gasteiger partial charge in [0.1, 0.15) is 5.82 Å². The van der Waals surface area contributed by atoms with E-state index in [1.54, 1.807) is 17.9 Å². The first kappa shape index (κ1) is 12.7. The molecule has 0 spiro atoms. The SMILES string of the molecule is Cc1cc(NC(=O)CSc2nccn2C)n(C)n1. The van der Waals surface area contributed by atoms with Crippen molar-refractivity contribution in [3.05, 3.63) is 24.2 Å². The van der Waals surface area contributed by atoms with E-state index < -0.39 is 0 Å². The van der Waals surface area contributed by atoms with E-state index in [4.69, 9.17) is 0 Å². The van der Waals surface area contributed by atoms with Gasteiger partial charge in [-0.3, -0.25) is 9.48 Å². The molecule has 0 aliphatic carbocycles. The van der Waals surface area contributed by atoms with Crippen LogP contribution in [0.4, 0.5) is 5.82 Å². The Morgan fingerprint density at radius 1 is 1.50 bits per heavy atom. The standard InChI is InChI=1S/C11H15N5OS/c1-8-6-9(16(3)14-8)13-10(17)7-18-11-12-4-5-15(11)2/h4-6H,7H2,1-3H3,(H,13,17). The number of hydrogen-bond donors (Lipinski definition) is 1. The Hall–Kier alpha value is -1.76.